The van der Waals surface area contributed by atoms with E-state index in [0.717, 1.165) is 31.4 Å². The summed E-state index contributed by atoms with van der Waals surface area (Å²) in [6.07, 6.45) is 5.22. The van der Waals surface area contributed by atoms with Crippen LogP contribution in [0.5, 0.6) is 0 Å². The zero-order valence-electron chi connectivity index (χ0n) is 15.0. The number of benzene rings is 1. The van der Waals surface area contributed by atoms with Crippen LogP contribution in [0.15, 0.2) is 59.5 Å². The maximum Gasteiger partial charge on any atom is 0.333 e. The van der Waals surface area contributed by atoms with Crippen LogP contribution in [-0.2, 0) is 16.1 Å². The average Bonchev–Trinajstić information content (AvgIpc) is 2.63. The first kappa shape index (κ1) is 19.8. The minimum atomic E-state index is -0.345. The van der Waals surface area contributed by atoms with Gasteiger partial charge in [0.05, 0.1) is 6.61 Å². The first-order valence-electron chi connectivity index (χ1n) is 8.71. The molecule has 0 fully saturated rings. The molecule has 26 heavy (non-hydrogen) atoms. The van der Waals surface area contributed by atoms with Crippen molar-refractivity contribution in [3.8, 4) is 5.69 Å². The Morgan fingerprint density at radius 3 is 2.50 bits per heavy atom. The number of esters is 1. The molecule has 0 bridgehead atoms. The predicted octanol–water partition coefficient (Wildman–Crippen LogP) is 4.05. The van der Waals surface area contributed by atoms with Crippen LogP contribution < -0.4 is 5.56 Å². The smallest absolute Gasteiger partial charge is 0.333 e. The van der Waals surface area contributed by atoms with Crippen LogP contribution in [0.25, 0.3) is 5.69 Å². The summed E-state index contributed by atoms with van der Waals surface area (Å²) in [7, 11) is 0. The number of aromatic nitrogens is 2. The van der Waals surface area contributed by atoms with Crippen LogP contribution in [0.1, 0.15) is 32.6 Å². The number of hydrogen-bond donors (Lipinski definition) is 0. The molecule has 1 heterocycles. The van der Waals surface area contributed by atoms with Crippen molar-refractivity contribution in [2.24, 2.45) is 0 Å². The molecular formula is C20H24N2O3S. The topological polar surface area (TPSA) is 53.2 Å². The van der Waals surface area contributed by atoms with Gasteiger partial charge in [-0.2, -0.15) is 0 Å². The molecule has 0 amide bonds. The largest absolute Gasteiger partial charge is 0.462 e. The molecule has 0 aliphatic carbocycles. The maximum absolute atomic E-state index is 12.1. The Morgan fingerprint density at radius 2 is 1.81 bits per heavy atom. The monoisotopic (exact) mass is 372 g/mol. The SMILES string of the molecule is C=C(C)C(=O)OCCCCCCn1c(=O)ccn(-c2ccccc2)c1=S. The molecule has 0 atom stereocenters. The number of ether oxygens (including phenoxy) is 1. The van der Waals surface area contributed by atoms with E-state index >= 15 is 0 Å². The zero-order chi connectivity index (χ0) is 18.9. The van der Waals surface area contributed by atoms with E-state index < -0.39 is 0 Å². The van der Waals surface area contributed by atoms with Crippen molar-refractivity contribution in [1.29, 1.82) is 0 Å². The fraction of sp³-hybridized carbons (Fsp3) is 0.350. The van der Waals surface area contributed by atoms with Crippen molar-refractivity contribution in [3.63, 3.8) is 0 Å². The fourth-order valence-electron chi connectivity index (χ4n) is 2.52. The Morgan fingerprint density at radius 1 is 1.12 bits per heavy atom. The highest BCUT2D eigenvalue weighted by Gasteiger charge is 2.04. The minimum absolute atomic E-state index is 0.0856. The summed E-state index contributed by atoms with van der Waals surface area (Å²) in [6, 6.07) is 11.3. The number of nitrogens with zero attached hydrogens (tertiary/aromatic N) is 2. The summed E-state index contributed by atoms with van der Waals surface area (Å²) < 4.78 is 9.03. The van der Waals surface area contributed by atoms with Crippen LogP contribution in [0, 0.1) is 4.77 Å². The molecule has 138 valence electrons. The summed E-state index contributed by atoms with van der Waals surface area (Å²) in [5.41, 5.74) is 1.27. The van der Waals surface area contributed by atoms with E-state index in [0.29, 0.717) is 23.5 Å². The van der Waals surface area contributed by atoms with Gasteiger partial charge in [0.1, 0.15) is 0 Å². The number of hydrogen-bond acceptors (Lipinski definition) is 4. The molecule has 1 aromatic heterocycles. The highest BCUT2D eigenvalue weighted by molar-refractivity contribution is 7.71. The summed E-state index contributed by atoms with van der Waals surface area (Å²) in [4.78, 5) is 23.4. The molecular weight excluding hydrogens is 348 g/mol. The Bertz CT molecular complexity index is 869. The van der Waals surface area contributed by atoms with Crippen molar-refractivity contribution in [2.75, 3.05) is 6.61 Å². The summed E-state index contributed by atoms with van der Waals surface area (Å²) >= 11 is 5.49. The molecule has 0 saturated heterocycles. The quantitative estimate of drug-likeness (QED) is 0.288. The molecule has 1 aromatic carbocycles. The lowest BCUT2D eigenvalue weighted by Gasteiger charge is -2.12. The third kappa shape index (κ3) is 5.52. The Labute approximate surface area is 158 Å². The second kappa shape index (κ2) is 9.87. The van der Waals surface area contributed by atoms with Gasteiger partial charge in [0, 0.05) is 30.1 Å². The van der Waals surface area contributed by atoms with Gasteiger partial charge in [-0.3, -0.25) is 13.9 Å². The third-order valence-electron chi connectivity index (χ3n) is 3.96. The summed E-state index contributed by atoms with van der Waals surface area (Å²) in [5, 5.41) is 0. The van der Waals surface area contributed by atoms with Crippen LogP contribution >= 0.6 is 12.2 Å². The molecule has 0 unspecified atom stereocenters. The van der Waals surface area contributed by atoms with E-state index in [2.05, 4.69) is 6.58 Å². The summed E-state index contributed by atoms with van der Waals surface area (Å²) in [6.45, 7) is 6.16. The van der Waals surface area contributed by atoms with Crippen molar-refractivity contribution >= 4 is 18.2 Å². The first-order valence-corrected chi connectivity index (χ1v) is 9.12. The van der Waals surface area contributed by atoms with E-state index in [1.54, 1.807) is 23.8 Å². The molecule has 0 radical (unpaired) electrons. The van der Waals surface area contributed by atoms with Gasteiger partial charge in [-0.15, -0.1) is 0 Å². The minimum Gasteiger partial charge on any atom is -0.462 e. The average molecular weight is 372 g/mol. The molecule has 0 spiro atoms. The van der Waals surface area contributed by atoms with E-state index in [1.807, 2.05) is 34.9 Å². The van der Waals surface area contributed by atoms with Crippen LogP contribution in [0.4, 0.5) is 0 Å². The van der Waals surface area contributed by atoms with Crippen LogP contribution in [0.3, 0.4) is 0 Å². The van der Waals surface area contributed by atoms with Gasteiger partial charge in [0.2, 0.25) is 0 Å². The molecule has 2 rings (SSSR count). The van der Waals surface area contributed by atoms with Gasteiger partial charge in [-0.25, -0.2) is 4.79 Å². The zero-order valence-corrected chi connectivity index (χ0v) is 15.8. The van der Waals surface area contributed by atoms with Crippen molar-refractivity contribution in [2.45, 2.75) is 39.2 Å². The van der Waals surface area contributed by atoms with Crippen molar-refractivity contribution in [1.82, 2.24) is 9.13 Å². The number of carbonyl (C=O) groups is 1. The Hall–Kier alpha value is -2.47. The predicted molar refractivity (Wildman–Crippen MR) is 105 cm³/mol. The molecule has 0 saturated carbocycles. The van der Waals surface area contributed by atoms with Gasteiger partial charge >= 0.3 is 5.97 Å². The van der Waals surface area contributed by atoms with Gasteiger partial charge in [0.25, 0.3) is 5.56 Å². The molecule has 0 aliphatic rings. The van der Waals surface area contributed by atoms with Crippen molar-refractivity contribution < 1.29 is 9.53 Å². The van der Waals surface area contributed by atoms with Crippen molar-refractivity contribution in [3.05, 3.63) is 69.9 Å². The molecule has 0 aliphatic heterocycles. The van der Waals surface area contributed by atoms with E-state index in [4.69, 9.17) is 17.0 Å². The van der Waals surface area contributed by atoms with E-state index in [9.17, 15) is 9.59 Å². The standard InChI is InChI=1S/C20H24N2O3S/c1-16(2)19(24)25-15-9-4-3-8-13-22-18(23)12-14-21(20(22)26)17-10-6-5-7-11-17/h5-7,10-12,14H,1,3-4,8-9,13,15H2,2H3. The highest BCUT2D eigenvalue weighted by atomic mass is 32.1. The second-order valence-corrected chi connectivity index (χ2v) is 6.49. The molecule has 5 nitrogen and oxygen atoms in total. The number of carbonyl (C=O) groups excluding carboxylic acids is 1. The molecule has 6 heteroatoms. The van der Waals surface area contributed by atoms with Crippen LogP contribution in [-0.4, -0.2) is 21.7 Å². The Balaban J connectivity index is 1.86. The highest BCUT2D eigenvalue weighted by Crippen LogP contribution is 2.08. The first-order chi connectivity index (χ1) is 12.5. The lowest BCUT2D eigenvalue weighted by molar-refractivity contribution is -0.139. The Kier molecular flexibility index (Phi) is 7.53. The van der Waals surface area contributed by atoms with Gasteiger partial charge in [-0.1, -0.05) is 31.2 Å². The van der Waals surface area contributed by atoms with Crippen LogP contribution in [0.2, 0.25) is 0 Å². The second-order valence-electron chi connectivity index (χ2n) is 6.12. The van der Waals surface area contributed by atoms with Gasteiger partial charge in [0.15, 0.2) is 4.77 Å². The van der Waals surface area contributed by atoms with E-state index in [1.165, 1.54) is 0 Å². The molecule has 0 N–H and O–H groups in total. The van der Waals surface area contributed by atoms with Gasteiger partial charge in [-0.05, 0) is 50.5 Å². The fourth-order valence-corrected chi connectivity index (χ4v) is 2.87. The third-order valence-corrected chi connectivity index (χ3v) is 4.38. The lowest BCUT2D eigenvalue weighted by Crippen LogP contribution is -2.23. The number of rotatable bonds is 9. The number of unbranched alkanes of at least 4 members (excludes halogenated alkanes) is 3. The summed E-state index contributed by atoms with van der Waals surface area (Å²) in [5.74, 6) is -0.345. The molecule has 2 aromatic rings. The normalized spacial score (nSPS) is 10.5. The van der Waals surface area contributed by atoms with Gasteiger partial charge < -0.3 is 4.74 Å². The maximum atomic E-state index is 12.1. The number of para-hydroxylation sites is 1. The van der Waals surface area contributed by atoms with E-state index in [-0.39, 0.29) is 11.5 Å². The lowest BCUT2D eigenvalue weighted by atomic mass is 10.2.